The summed E-state index contributed by atoms with van der Waals surface area (Å²) in [6.07, 6.45) is -7.75. The maximum Gasteiger partial charge on any atom is 0.229 e. The maximum absolute atomic E-state index is 12.6. The zero-order chi connectivity index (χ0) is 23.2. The third-order valence-electron chi connectivity index (χ3n) is 5.14. The van der Waals surface area contributed by atoms with Crippen LogP contribution in [0.2, 0.25) is 0 Å². The minimum Gasteiger partial charge on any atom is -0.508 e. The van der Waals surface area contributed by atoms with Gasteiger partial charge in [0.1, 0.15) is 69.7 Å². The second-order valence-corrected chi connectivity index (χ2v) is 7.28. The molecule has 3 aromatic rings. The van der Waals surface area contributed by atoms with Gasteiger partial charge < -0.3 is 49.6 Å². The van der Waals surface area contributed by atoms with Gasteiger partial charge in [-0.1, -0.05) is 6.07 Å². The fourth-order valence-corrected chi connectivity index (χ4v) is 3.53. The fraction of sp³-hybridized carbons (Fsp3) is 0.286. The third kappa shape index (κ3) is 3.72. The van der Waals surface area contributed by atoms with Crippen LogP contribution in [0.15, 0.2) is 45.6 Å². The molecule has 170 valence electrons. The topological polar surface area (TPSA) is 190 Å². The average Bonchev–Trinajstić information content (AvgIpc) is 2.73. The summed E-state index contributed by atoms with van der Waals surface area (Å²) in [5.74, 6) is -1.54. The summed E-state index contributed by atoms with van der Waals surface area (Å²) >= 11 is 0. The van der Waals surface area contributed by atoms with Gasteiger partial charge in [0.15, 0.2) is 5.43 Å². The molecule has 1 aliphatic heterocycles. The molecule has 0 amide bonds. The monoisotopic (exact) mass is 448 g/mol. The molecule has 2 aromatic carbocycles. The van der Waals surface area contributed by atoms with Gasteiger partial charge in [-0.05, 0) is 12.1 Å². The van der Waals surface area contributed by atoms with Gasteiger partial charge in [-0.3, -0.25) is 4.79 Å². The largest absolute Gasteiger partial charge is 0.508 e. The number of benzene rings is 2. The first-order chi connectivity index (χ1) is 15.2. The van der Waals surface area contributed by atoms with E-state index in [1.54, 1.807) is 0 Å². The Hall–Kier alpha value is -3.35. The van der Waals surface area contributed by atoms with E-state index in [-0.39, 0.29) is 39.5 Å². The summed E-state index contributed by atoms with van der Waals surface area (Å²) in [5.41, 5.74) is -0.945. The zero-order valence-corrected chi connectivity index (χ0v) is 16.3. The fourth-order valence-electron chi connectivity index (χ4n) is 3.53. The Labute approximate surface area is 179 Å². The van der Waals surface area contributed by atoms with Crippen molar-refractivity contribution in [3.05, 3.63) is 46.6 Å². The van der Waals surface area contributed by atoms with Crippen LogP contribution in [0.25, 0.3) is 22.3 Å². The van der Waals surface area contributed by atoms with Gasteiger partial charge in [0, 0.05) is 18.2 Å². The number of hydrogen-bond donors (Lipinski definition) is 7. The van der Waals surface area contributed by atoms with Gasteiger partial charge in [-0.25, -0.2) is 0 Å². The highest BCUT2D eigenvalue weighted by atomic mass is 16.7. The van der Waals surface area contributed by atoms with Crippen molar-refractivity contribution < 1.29 is 49.6 Å². The maximum atomic E-state index is 12.6. The number of aliphatic hydroxyl groups excluding tert-OH is 4. The van der Waals surface area contributed by atoms with Crippen molar-refractivity contribution in [2.75, 3.05) is 6.61 Å². The summed E-state index contributed by atoms with van der Waals surface area (Å²) < 4.78 is 16.5. The molecule has 0 bridgehead atoms. The normalized spacial score (nSPS) is 25.7. The Morgan fingerprint density at radius 2 is 1.69 bits per heavy atom. The molecule has 11 nitrogen and oxygen atoms in total. The Morgan fingerprint density at radius 1 is 0.938 bits per heavy atom. The van der Waals surface area contributed by atoms with E-state index in [9.17, 15) is 40.5 Å². The highest BCUT2D eigenvalue weighted by Crippen LogP contribution is 2.40. The molecule has 5 atom stereocenters. The molecule has 5 unspecified atom stereocenters. The first kappa shape index (κ1) is 21.9. The van der Waals surface area contributed by atoms with E-state index in [1.807, 2.05) is 0 Å². The molecule has 0 aliphatic carbocycles. The molecule has 1 saturated heterocycles. The lowest BCUT2D eigenvalue weighted by Crippen LogP contribution is -2.60. The number of phenolic OH excluding ortho intramolecular Hbond substituents is 3. The van der Waals surface area contributed by atoms with E-state index in [0.29, 0.717) is 0 Å². The molecule has 0 spiro atoms. The van der Waals surface area contributed by atoms with E-state index < -0.39 is 48.5 Å². The molecule has 2 heterocycles. The van der Waals surface area contributed by atoms with E-state index in [1.165, 1.54) is 18.2 Å². The molecule has 11 heteroatoms. The first-order valence-corrected chi connectivity index (χ1v) is 9.50. The van der Waals surface area contributed by atoms with E-state index >= 15 is 0 Å². The first-order valence-electron chi connectivity index (χ1n) is 9.50. The number of rotatable bonds is 4. The zero-order valence-electron chi connectivity index (χ0n) is 16.3. The third-order valence-corrected chi connectivity index (χ3v) is 5.14. The Balaban J connectivity index is 1.79. The minimum absolute atomic E-state index is 0.119. The summed E-state index contributed by atoms with van der Waals surface area (Å²) in [7, 11) is 0. The molecular formula is C21H20O11. The predicted octanol–water partition coefficient (Wildman–Crippen LogP) is -0.245. The van der Waals surface area contributed by atoms with Crippen LogP contribution in [0.1, 0.15) is 0 Å². The van der Waals surface area contributed by atoms with Gasteiger partial charge in [0.25, 0.3) is 0 Å². The van der Waals surface area contributed by atoms with Crippen molar-refractivity contribution in [3.63, 3.8) is 0 Å². The van der Waals surface area contributed by atoms with Crippen LogP contribution in [-0.4, -0.2) is 73.1 Å². The number of phenols is 3. The minimum atomic E-state index is -1.71. The highest BCUT2D eigenvalue weighted by Gasteiger charge is 2.45. The van der Waals surface area contributed by atoms with Gasteiger partial charge in [-0.15, -0.1) is 0 Å². The number of hydrogen-bond acceptors (Lipinski definition) is 11. The summed E-state index contributed by atoms with van der Waals surface area (Å²) in [5, 5.41) is 69.3. The van der Waals surface area contributed by atoms with Crippen molar-refractivity contribution in [1.29, 1.82) is 0 Å². The standard InChI is InChI=1S/C21H20O11/c22-7-15-18(27)19(28)20(29)21(32-15)31-12-3-1-2-9(24)17(12)14-6-11(26)16-10(25)4-8(23)5-13(16)30-14/h1-6,15,18-25,27-29H,7H2. The van der Waals surface area contributed by atoms with Crippen molar-refractivity contribution in [3.8, 4) is 34.3 Å². The van der Waals surface area contributed by atoms with Crippen LogP contribution in [0.5, 0.6) is 23.0 Å². The SMILES string of the molecule is O=c1cc(-c2c(O)cccc2OC2OC(CO)C(O)C(O)C2O)oc2cc(O)cc(O)c12. The quantitative estimate of drug-likeness (QED) is 0.279. The summed E-state index contributed by atoms with van der Waals surface area (Å²) in [6, 6.07) is 7.12. The predicted molar refractivity (Wildman–Crippen MR) is 107 cm³/mol. The Bertz CT molecular complexity index is 1200. The van der Waals surface area contributed by atoms with Crippen molar-refractivity contribution >= 4 is 11.0 Å². The second-order valence-electron chi connectivity index (χ2n) is 7.28. The molecule has 7 N–H and O–H groups in total. The van der Waals surface area contributed by atoms with Gasteiger partial charge in [0.2, 0.25) is 6.29 Å². The highest BCUT2D eigenvalue weighted by molar-refractivity contribution is 5.87. The van der Waals surface area contributed by atoms with Crippen LogP contribution >= 0.6 is 0 Å². The smallest absolute Gasteiger partial charge is 0.229 e. The van der Waals surface area contributed by atoms with Crippen LogP contribution in [0.3, 0.4) is 0 Å². The Kier molecular flexibility index (Phi) is 5.67. The summed E-state index contributed by atoms with van der Waals surface area (Å²) in [6.45, 7) is -0.662. The lowest BCUT2D eigenvalue weighted by atomic mass is 9.99. The van der Waals surface area contributed by atoms with Gasteiger partial charge in [0.05, 0.1) is 6.61 Å². The van der Waals surface area contributed by atoms with Crippen LogP contribution in [0.4, 0.5) is 0 Å². The van der Waals surface area contributed by atoms with Crippen molar-refractivity contribution in [2.45, 2.75) is 30.7 Å². The second kappa shape index (κ2) is 8.30. The molecule has 32 heavy (non-hydrogen) atoms. The number of fused-ring (bicyclic) bond motifs is 1. The van der Waals surface area contributed by atoms with Crippen LogP contribution in [0, 0.1) is 0 Å². The van der Waals surface area contributed by atoms with Gasteiger partial charge in [-0.2, -0.15) is 0 Å². The number of aliphatic hydroxyl groups is 4. The number of aromatic hydroxyl groups is 3. The molecule has 0 radical (unpaired) electrons. The van der Waals surface area contributed by atoms with E-state index in [2.05, 4.69) is 0 Å². The van der Waals surface area contributed by atoms with Crippen molar-refractivity contribution in [2.24, 2.45) is 0 Å². The van der Waals surface area contributed by atoms with Gasteiger partial charge >= 0.3 is 0 Å². The molecule has 1 aliphatic rings. The lowest BCUT2D eigenvalue weighted by molar-refractivity contribution is -0.277. The van der Waals surface area contributed by atoms with E-state index in [0.717, 1.165) is 18.2 Å². The average molecular weight is 448 g/mol. The molecule has 4 rings (SSSR count). The van der Waals surface area contributed by atoms with Crippen LogP contribution in [-0.2, 0) is 4.74 Å². The van der Waals surface area contributed by atoms with Crippen molar-refractivity contribution in [1.82, 2.24) is 0 Å². The molecule has 1 fully saturated rings. The van der Waals surface area contributed by atoms with Crippen LogP contribution < -0.4 is 10.2 Å². The Morgan fingerprint density at radius 3 is 2.41 bits per heavy atom. The van der Waals surface area contributed by atoms with E-state index in [4.69, 9.17) is 13.9 Å². The molecule has 1 aromatic heterocycles. The molecular weight excluding hydrogens is 428 g/mol. The number of ether oxygens (including phenoxy) is 2. The summed E-state index contributed by atoms with van der Waals surface area (Å²) in [4.78, 5) is 12.6. The molecule has 0 saturated carbocycles. The lowest BCUT2D eigenvalue weighted by Gasteiger charge is -2.39.